The fourth-order valence-electron chi connectivity index (χ4n) is 6.50. The molecule has 2 saturated carbocycles. The zero-order valence-electron chi connectivity index (χ0n) is 23.3. The number of ether oxygens (including phenoxy) is 1. The summed E-state index contributed by atoms with van der Waals surface area (Å²) in [6.45, 7) is 6.18. The average molecular weight is 521 g/mol. The summed E-state index contributed by atoms with van der Waals surface area (Å²) in [6, 6.07) is 12.7. The Hall–Kier alpha value is -2.42. The van der Waals surface area contributed by atoms with E-state index in [1.165, 1.54) is 56.1 Å². The summed E-state index contributed by atoms with van der Waals surface area (Å²) in [7, 11) is 0. The lowest BCUT2D eigenvalue weighted by atomic mass is 9.76. The molecule has 2 aromatic carbocycles. The summed E-state index contributed by atoms with van der Waals surface area (Å²) >= 11 is 0. The fraction of sp³-hybridized carbons (Fsp3) is 0.543. The second-order valence-corrected chi connectivity index (χ2v) is 11.5. The number of allylic oxidation sites excluding steroid dienone is 2. The predicted octanol–water partition coefficient (Wildman–Crippen LogP) is 10.5. The summed E-state index contributed by atoms with van der Waals surface area (Å²) in [5.74, 6) is 0.678. The van der Waals surface area contributed by atoms with Crippen molar-refractivity contribution in [3.8, 4) is 5.75 Å². The van der Waals surface area contributed by atoms with Gasteiger partial charge in [0.25, 0.3) is 0 Å². The third-order valence-corrected chi connectivity index (χ3v) is 8.85. The van der Waals surface area contributed by atoms with Crippen molar-refractivity contribution in [2.75, 3.05) is 6.61 Å². The Bertz CT molecular complexity index is 1020. The molecule has 0 heterocycles. The quantitative estimate of drug-likeness (QED) is 0.200. The van der Waals surface area contributed by atoms with Crippen molar-refractivity contribution in [1.29, 1.82) is 0 Å². The van der Waals surface area contributed by atoms with E-state index in [2.05, 4.69) is 49.9 Å². The lowest BCUT2D eigenvalue weighted by Crippen LogP contribution is -2.15. The predicted molar refractivity (Wildman–Crippen MR) is 155 cm³/mol. The molecule has 38 heavy (non-hydrogen) atoms. The maximum atomic E-state index is 14.8. The summed E-state index contributed by atoms with van der Waals surface area (Å²) < 4.78 is 34.6. The summed E-state index contributed by atoms with van der Waals surface area (Å²) in [5, 5.41) is 0. The van der Waals surface area contributed by atoms with Crippen LogP contribution < -0.4 is 4.74 Å². The number of rotatable bonds is 12. The van der Waals surface area contributed by atoms with Crippen molar-refractivity contribution in [3.05, 3.63) is 89.5 Å². The van der Waals surface area contributed by atoms with E-state index >= 15 is 0 Å². The summed E-state index contributed by atoms with van der Waals surface area (Å²) in [6.07, 6.45) is 21.2. The first-order valence-corrected chi connectivity index (χ1v) is 15.1. The molecule has 0 aromatic heterocycles. The molecule has 0 radical (unpaired) electrons. The first-order valence-electron chi connectivity index (χ1n) is 15.1. The highest BCUT2D eigenvalue weighted by molar-refractivity contribution is 5.33. The molecule has 0 spiro atoms. The van der Waals surface area contributed by atoms with Gasteiger partial charge in [-0.15, -0.1) is 6.58 Å². The molecule has 0 unspecified atom stereocenters. The van der Waals surface area contributed by atoms with E-state index in [1.807, 2.05) is 0 Å². The molecule has 0 saturated heterocycles. The molecule has 206 valence electrons. The van der Waals surface area contributed by atoms with E-state index in [9.17, 15) is 8.78 Å². The van der Waals surface area contributed by atoms with Crippen molar-refractivity contribution < 1.29 is 13.5 Å². The van der Waals surface area contributed by atoms with Crippen molar-refractivity contribution in [2.24, 2.45) is 11.8 Å². The van der Waals surface area contributed by atoms with Crippen molar-refractivity contribution in [2.45, 2.75) is 102 Å². The number of halogens is 2. The van der Waals surface area contributed by atoms with E-state index in [0.717, 1.165) is 43.9 Å². The number of hydrogen-bond acceptors (Lipinski definition) is 1. The van der Waals surface area contributed by atoms with Crippen LogP contribution >= 0.6 is 0 Å². The van der Waals surface area contributed by atoms with Gasteiger partial charge >= 0.3 is 0 Å². The largest absolute Gasteiger partial charge is 0.490 e. The van der Waals surface area contributed by atoms with Crippen LogP contribution in [0.2, 0.25) is 0 Å². The molecular weight excluding hydrogens is 474 g/mol. The van der Waals surface area contributed by atoms with Gasteiger partial charge in [0.15, 0.2) is 11.6 Å². The minimum absolute atomic E-state index is 0.00289. The molecule has 2 aliphatic carbocycles. The number of aryl methyl sites for hydroxylation is 1. The molecule has 0 amide bonds. The molecular formula is C35H46F2O. The summed E-state index contributed by atoms with van der Waals surface area (Å²) in [4.78, 5) is 0. The second kappa shape index (κ2) is 14.7. The van der Waals surface area contributed by atoms with Crippen LogP contribution in [0.5, 0.6) is 5.75 Å². The van der Waals surface area contributed by atoms with E-state index in [4.69, 9.17) is 4.74 Å². The molecule has 0 atom stereocenters. The molecule has 2 aromatic rings. The molecule has 0 bridgehead atoms. The number of benzene rings is 2. The molecule has 4 rings (SSSR count). The van der Waals surface area contributed by atoms with E-state index in [0.29, 0.717) is 24.5 Å². The van der Waals surface area contributed by atoms with Crippen LogP contribution in [0, 0.1) is 23.5 Å². The monoisotopic (exact) mass is 520 g/mol. The van der Waals surface area contributed by atoms with Gasteiger partial charge in [0.1, 0.15) is 0 Å². The summed E-state index contributed by atoms with van der Waals surface area (Å²) in [5.41, 5.74) is 3.50. The van der Waals surface area contributed by atoms with Crippen molar-refractivity contribution in [3.63, 3.8) is 0 Å². The third-order valence-electron chi connectivity index (χ3n) is 8.85. The SMILES string of the molecule is C=CCCOc1ccc(C2CCC(CCC=CC3CCC(c4ccc(CCC)cc4)CC3)CC2)c(F)c1F. The highest BCUT2D eigenvalue weighted by Gasteiger charge is 2.26. The van der Waals surface area contributed by atoms with Crippen LogP contribution in [-0.4, -0.2) is 6.61 Å². The Morgan fingerprint density at radius 2 is 1.55 bits per heavy atom. The van der Waals surface area contributed by atoms with Gasteiger partial charge in [0, 0.05) is 0 Å². The first kappa shape index (κ1) is 28.6. The van der Waals surface area contributed by atoms with Gasteiger partial charge < -0.3 is 4.74 Å². The first-order chi connectivity index (χ1) is 18.6. The highest BCUT2D eigenvalue weighted by atomic mass is 19.2. The van der Waals surface area contributed by atoms with Crippen LogP contribution in [0.15, 0.2) is 61.2 Å². The van der Waals surface area contributed by atoms with Crippen LogP contribution in [0.3, 0.4) is 0 Å². The second-order valence-electron chi connectivity index (χ2n) is 11.5. The Balaban J connectivity index is 1.15. The van der Waals surface area contributed by atoms with Crippen LogP contribution in [0.25, 0.3) is 0 Å². The topological polar surface area (TPSA) is 9.23 Å². The third kappa shape index (κ3) is 7.80. The van der Waals surface area contributed by atoms with E-state index in [1.54, 1.807) is 18.2 Å². The minimum Gasteiger partial charge on any atom is -0.490 e. The lowest BCUT2D eigenvalue weighted by molar-refractivity contribution is 0.292. The smallest absolute Gasteiger partial charge is 0.200 e. The lowest BCUT2D eigenvalue weighted by Gasteiger charge is -2.29. The van der Waals surface area contributed by atoms with Gasteiger partial charge in [-0.2, -0.15) is 4.39 Å². The fourth-order valence-corrected chi connectivity index (χ4v) is 6.50. The maximum absolute atomic E-state index is 14.8. The zero-order chi connectivity index (χ0) is 26.7. The Kier molecular flexibility index (Phi) is 11.0. The van der Waals surface area contributed by atoms with Gasteiger partial charge in [-0.3, -0.25) is 0 Å². The van der Waals surface area contributed by atoms with Crippen molar-refractivity contribution >= 4 is 0 Å². The van der Waals surface area contributed by atoms with Gasteiger partial charge in [0.2, 0.25) is 5.82 Å². The van der Waals surface area contributed by atoms with Crippen LogP contribution in [-0.2, 0) is 6.42 Å². The Morgan fingerprint density at radius 3 is 2.24 bits per heavy atom. The van der Waals surface area contributed by atoms with Crippen LogP contribution in [0.1, 0.15) is 112 Å². The minimum atomic E-state index is -0.849. The number of hydrogen-bond donors (Lipinski definition) is 0. The zero-order valence-corrected chi connectivity index (χ0v) is 23.3. The van der Waals surface area contributed by atoms with Gasteiger partial charge in [0.05, 0.1) is 6.61 Å². The van der Waals surface area contributed by atoms with E-state index in [-0.39, 0.29) is 11.7 Å². The molecule has 2 fully saturated rings. The average Bonchev–Trinajstić information content (AvgIpc) is 2.95. The molecule has 0 N–H and O–H groups in total. The normalized spacial score (nSPS) is 24.0. The Labute approximate surface area is 229 Å². The highest BCUT2D eigenvalue weighted by Crippen LogP contribution is 2.40. The van der Waals surface area contributed by atoms with E-state index < -0.39 is 11.6 Å². The Morgan fingerprint density at radius 1 is 0.842 bits per heavy atom. The molecule has 1 nitrogen and oxygen atoms in total. The molecule has 2 aliphatic rings. The molecule has 3 heteroatoms. The van der Waals surface area contributed by atoms with Crippen LogP contribution in [0.4, 0.5) is 8.78 Å². The van der Waals surface area contributed by atoms with Crippen molar-refractivity contribution in [1.82, 2.24) is 0 Å². The van der Waals surface area contributed by atoms with Gasteiger partial charge in [-0.25, -0.2) is 4.39 Å². The van der Waals surface area contributed by atoms with Gasteiger partial charge in [-0.05, 0) is 123 Å². The standard InChI is InChI=1S/C35H46F2O/c1-3-5-25-38-33-24-23-32(34(36)35(33)37)31-21-15-28(16-22-31)10-7-6-9-27-13-19-30(20-14-27)29-17-11-26(8-4-2)12-18-29/h3,6,9,11-12,17-18,23-24,27-28,30-31H,1,4-5,7-8,10,13-16,19-22,25H2,2H3. The van der Waals surface area contributed by atoms with Gasteiger partial charge in [-0.1, -0.05) is 61.9 Å². The maximum Gasteiger partial charge on any atom is 0.200 e. The molecule has 0 aliphatic heterocycles.